The molecule has 3 aromatic carbocycles. The van der Waals surface area contributed by atoms with Crippen LogP contribution in [0.1, 0.15) is 0 Å². The minimum atomic E-state index is -0.327. The molecule has 0 aromatic heterocycles. The fraction of sp³-hybridized carbons (Fsp3) is 0.150. The molecule has 1 amide bonds. The summed E-state index contributed by atoms with van der Waals surface area (Å²) < 4.78 is 11.1. The maximum absolute atomic E-state index is 12.2. The number of cyclic esters (lactones) is 1. The minimum Gasteiger partial charge on any atom is -0.490 e. The van der Waals surface area contributed by atoms with Gasteiger partial charge in [-0.05, 0) is 35.0 Å². The molecular weight excluding hydrogens is 302 g/mol. The Morgan fingerprint density at radius 1 is 0.958 bits per heavy atom. The molecule has 1 aliphatic heterocycles. The van der Waals surface area contributed by atoms with Crippen molar-refractivity contribution in [3.05, 3.63) is 72.8 Å². The molecule has 0 bridgehead atoms. The van der Waals surface area contributed by atoms with Crippen LogP contribution in [0.15, 0.2) is 72.8 Å². The Morgan fingerprint density at radius 2 is 1.71 bits per heavy atom. The van der Waals surface area contributed by atoms with Gasteiger partial charge in [0.1, 0.15) is 12.4 Å². The number of carbonyl (C=O) groups excluding carboxylic acids is 1. The first-order valence-electron chi connectivity index (χ1n) is 7.94. The highest BCUT2D eigenvalue weighted by molar-refractivity contribution is 5.94. The molecule has 0 aliphatic carbocycles. The molecule has 120 valence electrons. The predicted molar refractivity (Wildman–Crippen MR) is 93.5 cm³/mol. The van der Waals surface area contributed by atoms with Gasteiger partial charge in [-0.15, -0.1) is 0 Å². The quantitative estimate of drug-likeness (QED) is 0.722. The molecule has 4 nitrogen and oxygen atoms in total. The van der Waals surface area contributed by atoms with Crippen molar-refractivity contribution in [3.63, 3.8) is 0 Å². The van der Waals surface area contributed by atoms with E-state index in [0.29, 0.717) is 13.2 Å². The summed E-state index contributed by atoms with van der Waals surface area (Å²) in [6.45, 7) is 0.837. The Labute approximate surface area is 140 Å². The molecule has 1 atom stereocenters. The second-order valence-electron chi connectivity index (χ2n) is 5.77. The zero-order valence-electron chi connectivity index (χ0n) is 13.1. The number of amides is 1. The molecule has 1 unspecified atom stereocenters. The number of nitrogens with zero attached hydrogens (tertiary/aromatic N) is 1. The van der Waals surface area contributed by atoms with Crippen molar-refractivity contribution in [2.24, 2.45) is 0 Å². The lowest BCUT2D eigenvalue weighted by atomic mass is 10.1. The number of hydrogen-bond donors (Lipinski definition) is 0. The van der Waals surface area contributed by atoms with Gasteiger partial charge in [-0.1, -0.05) is 48.5 Å². The Hall–Kier alpha value is -3.01. The predicted octanol–water partition coefficient (Wildman–Crippen LogP) is 4.24. The van der Waals surface area contributed by atoms with E-state index in [0.717, 1.165) is 22.2 Å². The summed E-state index contributed by atoms with van der Waals surface area (Å²) in [7, 11) is 0. The molecule has 3 aromatic rings. The van der Waals surface area contributed by atoms with Gasteiger partial charge in [0.15, 0.2) is 6.10 Å². The van der Waals surface area contributed by atoms with E-state index in [9.17, 15) is 4.79 Å². The zero-order valence-corrected chi connectivity index (χ0v) is 13.1. The van der Waals surface area contributed by atoms with Crippen molar-refractivity contribution in [3.8, 4) is 5.75 Å². The normalized spacial score (nSPS) is 17.1. The van der Waals surface area contributed by atoms with Crippen molar-refractivity contribution in [2.45, 2.75) is 6.10 Å². The second kappa shape index (κ2) is 6.24. The number of benzene rings is 3. The van der Waals surface area contributed by atoms with E-state index in [-0.39, 0.29) is 12.2 Å². The van der Waals surface area contributed by atoms with Gasteiger partial charge in [0.25, 0.3) is 0 Å². The van der Waals surface area contributed by atoms with E-state index in [1.165, 1.54) is 0 Å². The Morgan fingerprint density at radius 3 is 2.54 bits per heavy atom. The number of anilines is 1. The SMILES string of the molecule is O=C1OC(COc2ccccc2)CN1c1ccc2ccccc2c1. The number of hydrogen-bond acceptors (Lipinski definition) is 3. The standard InChI is InChI=1S/C20H17NO3/c22-20-21(17-11-10-15-6-4-5-7-16(15)12-17)13-19(24-20)14-23-18-8-2-1-3-9-18/h1-12,19H,13-14H2. The summed E-state index contributed by atoms with van der Waals surface area (Å²) in [5, 5.41) is 2.25. The fourth-order valence-corrected chi connectivity index (χ4v) is 2.87. The lowest BCUT2D eigenvalue weighted by Crippen LogP contribution is -2.26. The monoisotopic (exact) mass is 319 g/mol. The Bertz CT molecular complexity index is 863. The van der Waals surface area contributed by atoms with Crippen LogP contribution in [-0.4, -0.2) is 25.3 Å². The maximum atomic E-state index is 12.2. The molecule has 0 spiro atoms. The third-order valence-electron chi connectivity index (χ3n) is 4.10. The van der Waals surface area contributed by atoms with E-state index in [1.807, 2.05) is 66.7 Å². The smallest absolute Gasteiger partial charge is 0.414 e. The summed E-state index contributed by atoms with van der Waals surface area (Å²) in [6.07, 6.45) is -0.601. The summed E-state index contributed by atoms with van der Waals surface area (Å²) in [4.78, 5) is 13.8. The summed E-state index contributed by atoms with van der Waals surface area (Å²) in [5.74, 6) is 0.776. The molecule has 0 N–H and O–H groups in total. The lowest BCUT2D eigenvalue weighted by molar-refractivity contribution is 0.105. The molecule has 1 heterocycles. The van der Waals surface area contributed by atoms with Crippen LogP contribution in [0.4, 0.5) is 10.5 Å². The van der Waals surface area contributed by atoms with Crippen molar-refractivity contribution < 1.29 is 14.3 Å². The van der Waals surface area contributed by atoms with Gasteiger partial charge in [-0.2, -0.15) is 0 Å². The number of rotatable bonds is 4. The van der Waals surface area contributed by atoms with Crippen LogP contribution < -0.4 is 9.64 Å². The highest BCUT2D eigenvalue weighted by Gasteiger charge is 2.32. The van der Waals surface area contributed by atoms with E-state index >= 15 is 0 Å². The summed E-state index contributed by atoms with van der Waals surface area (Å²) >= 11 is 0. The minimum absolute atomic E-state index is 0.274. The van der Waals surface area contributed by atoms with E-state index in [4.69, 9.17) is 9.47 Å². The van der Waals surface area contributed by atoms with Crippen LogP contribution in [0.5, 0.6) is 5.75 Å². The molecule has 1 aliphatic rings. The van der Waals surface area contributed by atoms with Crippen LogP contribution in [0, 0.1) is 0 Å². The molecule has 1 saturated heterocycles. The average molecular weight is 319 g/mol. The Balaban J connectivity index is 1.47. The number of carbonyl (C=O) groups is 1. The highest BCUT2D eigenvalue weighted by atomic mass is 16.6. The van der Waals surface area contributed by atoms with Crippen LogP contribution in [0.25, 0.3) is 10.8 Å². The first-order valence-corrected chi connectivity index (χ1v) is 7.94. The third-order valence-corrected chi connectivity index (χ3v) is 4.10. The average Bonchev–Trinajstić information content (AvgIpc) is 3.01. The van der Waals surface area contributed by atoms with E-state index < -0.39 is 0 Å². The van der Waals surface area contributed by atoms with Gasteiger partial charge in [-0.3, -0.25) is 4.90 Å². The van der Waals surface area contributed by atoms with Crippen molar-refractivity contribution in [1.29, 1.82) is 0 Å². The summed E-state index contributed by atoms with van der Waals surface area (Å²) in [5.41, 5.74) is 0.848. The molecular formula is C20H17NO3. The molecule has 4 heteroatoms. The second-order valence-corrected chi connectivity index (χ2v) is 5.77. The topological polar surface area (TPSA) is 38.8 Å². The third kappa shape index (κ3) is 2.91. The van der Waals surface area contributed by atoms with Gasteiger partial charge < -0.3 is 9.47 Å². The summed E-state index contributed by atoms with van der Waals surface area (Å²) in [6, 6.07) is 23.6. The number of ether oxygens (including phenoxy) is 2. The molecule has 1 fully saturated rings. The van der Waals surface area contributed by atoms with Gasteiger partial charge in [0, 0.05) is 5.69 Å². The van der Waals surface area contributed by atoms with Crippen LogP contribution >= 0.6 is 0 Å². The van der Waals surface area contributed by atoms with Crippen molar-refractivity contribution in [1.82, 2.24) is 0 Å². The fourth-order valence-electron chi connectivity index (χ4n) is 2.87. The van der Waals surface area contributed by atoms with Crippen LogP contribution in [0.2, 0.25) is 0 Å². The number of fused-ring (bicyclic) bond motifs is 1. The maximum Gasteiger partial charge on any atom is 0.414 e. The first kappa shape index (κ1) is 14.6. The van der Waals surface area contributed by atoms with Crippen molar-refractivity contribution in [2.75, 3.05) is 18.1 Å². The van der Waals surface area contributed by atoms with E-state index in [1.54, 1.807) is 4.90 Å². The largest absolute Gasteiger partial charge is 0.490 e. The highest BCUT2D eigenvalue weighted by Crippen LogP contribution is 2.26. The number of para-hydroxylation sites is 1. The van der Waals surface area contributed by atoms with Gasteiger partial charge in [0.2, 0.25) is 0 Å². The first-order chi connectivity index (χ1) is 11.8. The Kier molecular flexibility index (Phi) is 3.79. The lowest BCUT2D eigenvalue weighted by Gasteiger charge is -2.14. The van der Waals surface area contributed by atoms with Crippen LogP contribution in [-0.2, 0) is 4.74 Å². The van der Waals surface area contributed by atoms with E-state index in [2.05, 4.69) is 6.07 Å². The van der Waals surface area contributed by atoms with Gasteiger partial charge in [0.05, 0.1) is 6.54 Å². The molecule has 0 saturated carbocycles. The zero-order chi connectivity index (χ0) is 16.4. The van der Waals surface area contributed by atoms with Crippen LogP contribution in [0.3, 0.4) is 0 Å². The molecule has 0 radical (unpaired) electrons. The molecule has 24 heavy (non-hydrogen) atoms. The van der Waals surface area contributed by atoms with Crippen molar-refractivity contribution >= 4 is 22.6 Å². The van der Waals surface area contributed by atoms with Gasteiger partial charge >= 0.3 is 6.09 Å². The molecule has 4 rings (SSSR count). The van der Waals surface area contributed by atoms with Gasteiger partial charge in [-0.25, -0.2) is 4.79 Å².